The van der Waals surface area contributed by atoms with Gasteiger partial charge in [0.1, 0.15) is 11.9 Å². The molecule has 1 atom stereocenters. The van der Waals surface area contributed by atoms with Crippen molar-refractivity contribution in [3.63, 3.8) is 0 Å². The number of carbonyl (C=O) groups is 2. The van der Waals surface area contributed by atoms with Crippen molar-refractivity contribution < 1.29 is 14.0 Å². The van der Waals surface area contributed by atoms with E-state index < -0.39 is 6.04 Å². The molecule has 3 rings (SSSR count). The predicted molar refractivity (Wildman–Crippen MR) is 94.9 cm³/mol. The zero-order chi connectivity index (χ0) is 17.8. The Morgan fingerprint density at radius 1 is 1.12 bits per heavy atom. The topological polar surface area (TPSA) is 49.4 Å². The van der Waals surface area contributed by atoms with Crippen LogP contribution in [0.3, 0.4) is 0 Å². The van der Waals surface area contributed by atoms with E-state index in [1.54, 1.807) is 4.90 Å². The molecule has 2 amide bonds. The van der Waals surface area contributed by atoms with Crippen LogP contribution in [0.15, 0.2) is 48.5 Å². The van der Waals surface area contributed by atoms with Gasteiger partial charge < -0.3 is 10.2 Å². The van der Waals surface area contributed by atoms with Crippen molar-refractivity contribution in [1.82, 2.24) is 4.90 Å². The van der Waals surface area contributed by atoms with Crippen LogP contribution in [0.5, 0.6) is 0 Å². The molecule has 0 aliphatic carbocycles. The van der Waals surface area contributed by atoms with Gasteiger partial charge in [-0.3, -0.25) is 9.59 Å². The van der Waals surface area contributed by atoms with Gasteiger partial charge in [0.15, 0.2) is 0 Å². The van der Waals surface area contributed by atoms with Crippen LogP contribution < -0.4 is 5.32 Å². The van der Waals surface area contributed by atoms with E-state index in [4.69, 9.17) is 0 Å². The van der Waals surface area contributed by atoms with Crippen LogP contribution in [0.2, 0.25) is 0 Å². The lowest BCUT2D eigenvalue weighted by molar-refractivity contribution is -0.119. The van der Waals surface area contributed by atoms with Gasteiger partial charge in [0.25, 0.3) is 5.91 Å². The summed E-state index contributed by atoms with van der Waals surface area (Å²) >= 11 is 0. The number of anilines is 1. The molecule has 1 saturated heterocycles. The van der Waals surface area contributed by atoms with Crippen LogP contribution in [0.25, 0.3) is 0 Å². The summed E-state index contributed by atoms with van der Waals surface area (Å²) in [6.07, 6.45) is 2.35. The number of halogens is 1. The van der Waals surface area contributed by atoms with Crippen molar-refractivity contribution in [2.24, 2.45) is 0 Å². The summed E-state index contributed by atoms with van der Waals surface area (Å²) in [7, 11) is 0. The van der Waals surface area contributed by atoms with Gasteiger partial charge in [-0.2, -0.15) is 0 Å². The van der Waals surface area contributed by atoms with Gasteiger partial charge in [0.05, 0.1) is 0 Å². The fraction of sp³-hybridized carbons (Fsp3) is 0.300. The summed E-state index contributed by atoms with van der Waals surface area (Å²) in [4.78, 5) is 26.8. The lowest BCUT2D eigenvalue weighted by Gasteiger charge is -2.24. The number of rotatable bonds is 4. The van der Waals surface area contributed by atoms with Crippen molar-refractivity contribution in [2.45, 2.75) is 32.2 Å². The molecular weight excluding hydrogens is 319 g/mol. The first-order chi connectivity index (χ1) is 12.1. The Hall–Kier alpha value is -2.69. The molecular formula is C20H21FN2O2. The normalized spacial score (nSPS) is 16.7. The number of nitrogens with zero attached hydrogens (tertiary/aromatic N) is 1. The molecule has 1 fully saturated rings. The maximum atomic E-state index is 13.0. The Kier molecular flexibility index (Phi) is 5.12. The van der Waals surface area contributed by atoms with E-state index in [0.29, 0.717) is 18.5 Å². The molecule has 0 radical (unpaired) electrons. The quantitative estimate of drug-likeness (QED) is 0.924. The molecule has 1 N–H and O–H groups in total. The summed E-state index contributed by atoms with van der Waals surface area (Å²) < 4.78 is 13.0. The van der Waals surface area contributed by atoms with Crippen LogP contribution >= 0.6 is 0 Å². The van der Waals surface area contributed by atoms with Gasteiger partial charge in [-0.15, -0.1) is 0 Å². The number of hydrogen-bond donors (Lipinski definition) is 1. The summed E-state index contributed by atoms with van der Waals surface area (Å²) in [6.45, 7) is 2.61. The largest absolute Gasteiger partial charge is 0.327 e. The number of hydrogen-bond acceptors (Lipinski definition) is 2. The summed E-state index contributed by atoms with van der Waals surface area (Å²) in [5, 5.41) is 2.89. The predicted octanol–water partition coefficient (Wildman–Crippen LogP) is 3.63. The number of aryl methyl sites for hydroxylation is 1. The van der Waals surface area contributed by atoms with Crippen LogP contribution in [0.4, 0.5) is 10.1 Å². The van der Waals surface area contributed by atoms with Gasteiger partial charge in [-0.25, -0.2) is 4.39 Å². The number of benzene rings is 2. The van der Waals surface area contributed by atoms with Gasteiger partial charge in [-0.05, 0) is 61.2 Å². The Labute approximate surface area is 146 Å². The second-order valence-corrected chi connectivity index (χ2v) is 6.20. The number of amides is 2. The first kappa shape index (κ1) is 17.1. The highest BCUT2D eigenvalue weighted by atomic mass is 19.1. The maximum Gasteiger partial charge on any atom is 0.254 e. The third-order valence-corrected chi connectivity index (χ3v) is 4.54. The van der Waals surface area contributed by atoms with Crippen LogP contribution in [-0.4, -0.2) is 29.3 Å². The Bertz CT molecular complexity index is 756. The molecule has 130 valence electrons. The molecule has 0 saturated carbocycles. The van der Waals surface area contributed by atoms with Crippen LogP contribution in [-0.2, 0) is 11.2 Å². The summed E-state index contributed by atoms with van der Waals surface area (Å²) in [5.41, 5.74) is 2.32. The smallest absolute Gasteiger partial charge is 0.254 e. The van der Waals surface area contributed by atoms with E-state index >= 15 is 0 Å². The molecule has 0 aromatic heterocycles. The minimum absolute atomic E-state index is 0.183. The van der Waals surface area contributed by atoms with E-state index in [-0.39, 0.29) is 17.6 Å². The Morgan fingerprint density at radius 3 is 2.44 bits per heavy atom. The molecule has 25 heavy (non-hydrogen) atoms. The SMILES string of the molecule is CCc1ccc(NC(=O)[C@H]2CCCN2C(=O)c2ccc(F)cc2)cc1. The van der Waals surface area contributed by atoms with Gasteiger partial charge >= 0.3 is 0 Å². The molecule has 1 heterocycles. The summed E-state index contributed by atoms with van der Waals surface area (Å²) in [5.74, 6) is -0.806. The minimum atomic E-state index is -0.497. The van der Waals surface area contributed by atoms with E-state index in [9.17, 15) is 14.0 Å². The van der Waals surface area contributed by atoms with Gasteiger partial charge in [0.2, 0.25) is 5.91 Å². The first-order valence-corrected chi connectivity index (χ1v) is 8.55. The molecule has 0 bridgehead atoms. The zero-order valence-electron chi connectivity index (χ0n) is 14.2. The molecule has 1 aliphatic rings. The fourth-order valence-electron chi connectivity index (χ4n) is 3.09. The number of likely N-dealkylation sites (tertiary alicyclic amines) is 1. The average molecular weight is 340 g/mol. The zero-order valence-corrected chi connectivity index (χ0v) is 14.2. The van der Waals surface area contributed by atoms with E-state index in [1.807, 2.05) is 24.3 Å². The molecule has 2 aromatic carbocycles. The van der Waals surface area contributed by atoms with Crippen LogP contribution in [0.1, 0.15) is 35.7 Å². The van der Waals surface area contributed by atoms with Crippen molar-refractivity contribution in [1.29, 1.82) is 0 Å². The third-order valence-electron chi connectivity index (χ3n) is 4.54. The highest BCUT2D eigenvalue weighted by Gasteiger charge is 2.34. The highest BCUT2D eigenvalue weighted by Crippen LogP contribution is 2.22. The molecule has 0 unspecified atom stereocenters. The third kappa shape index (κ3) is 3.87. The molecule has 5 heteroatoms. The van der Waals surface area contributed by atoms with E-state index in [1.165, 1.54) is 29.8 Å². The Balaban J connectivity index is 1.70. The average Bonchev–Trinajstić information content (AvgIpc) is 3.12. The standard InChI is InChI=1S/C20H21FN2O2/c1-2-14-5-11-17(12-6-14)22-19(24)18-4-3-13-23(18)20(25)15-7-9-16(21)10-8-15/h5-12,18H,2-4,13H2,1H3,(H,22,24)/t18-/m1/s1. The summed E-state index contributed by atoms with van der Waals surface area (Å²) in [6, 6.07) is 12.6. The van der Waals surface area contributed by atoms with Crippen molar-refractivity contribution >= 4 is 17.5 Å². The van der Waals surface area contributed by atoms with Crippen molar-refractivity contribution in [3.8, 4) is 0 Å². The van der Waals surface area contributed by atoms with Gasteiger partial charge in [-0.1, -0.05) is 19.1 Å². The number of nitrogens with one attached hydrogen (secondary N) is 1. The lowest BCUT2D eigenvalue weighted by atomic mass is 10.1. The van der Waals surface area contributed by atoms with E-state index in [0.717, 1.165) is 18.5 Å². The van der Waals surface area contributed by atoms with E-state index in [2.05, 4.69) is 12.2 Å². The minimum Gasteiger partial charge on any atom is -0.327 e. The second kappa shape index (κ2) is 7.47. The molecule has 1 aliphatic heterocycles. The monoisotopic (exact) mass is 340 g/mol. The van der Waals surface area contributed by atoms with Crippen molar-refractivity contribution in [2.75, 3.05) is 11.9 Å². The maximum absolute atomic E-state index is 13.0. The van der Waals surface area contributed by atoms with Crippen molar-refractivity contribution in [3.05, 3.63) is 65.5 Å². The van der Waals surface area contributed by atoms with Crippen LogP contribution in [0, 0.1) is 5.82 Å². The second-order valence-electron chi connectivity index (χ2n) is 6.20. The first-order valence-electron chi connectivity index (χ1n) is 8.55. The van der Waals surface area contributed by atoms with Gasteiger partial charge in [0, 0.05) is 17.8 Å². The highest BCUT2D eigenvalue weighted by molar-refractivity contribution is 6.01. The number of carbonyl (C=O) groups excluding carboxylic acids is 2. The lowest BCUT2D eigenvalue weighted by Crippen LogP contribution is -2.43. The fourth-order valence-corrected chi connectivity index (χ4v) is 3.09. The molecule has 2 aromatic rings. The molecule has 4 nitrogen and oxygen atoms in total. The molecule has 0 spiro atoms. The Morgan fingerprint density at radius 2 is 1.80 bits per heavy atom.